The Morgan fingerprint density at radius 2 is 1.25 bits per heavy atom. The predicted molar refractivity (Wildman–Crippen MR) is 197 cm³/mol. The van der Waals surface area contributed by atoms with Crippen molar-refractivity contribution >= 4 is 14.9 Å². The molecule has 1 atom stereocenters. The summed E-state index contributed by atoms with van der Waals surface area (Å²) >= 11 is -2.60. The van der Waals surface area contributed by atoms with E-state index in [4.69, 9.17) is 0 Å². The van der Waals surface area contributed by atoms with Crippen molar-refractivity contribution < 1.29 is 46.1 Å². The Labute approximate surface area is 310 Å². The van der Waals surface area contributed by atoms with E-state index >= 15 is 0 Å². The molecule has 1 unspecified atom stereocenters. The number of benzene rings is 3. The van der Waals surface area contributed by atoms with Crippen molar-refractivity contribution in [2.45, 2.75) is 103 Å². The second kappa shape index (κ2) is 13.3. The average Bonchev–Trinajstić information content (AvgIpc) is 3.59. The number of halogens is 2. The van der Waals surface area contributed by atoms with Crippen LogP contribution in [0.1, 0.15) is 131 Å². The first-order valence-electron chi connectivity index (χ1n) is 17.6. The number of hydrogen-bond acceptors (Lipinski definition) is 0. The van der Waals surface area contributed by atoms with Gasteiger partial charge < -0.3 is 24.8 Å². The maximum atomic E-state index is 2.81. The average molecular weight is 755 g/mol. The maximum absolute atomic E-state index is 2.81. The molecule has 0 saturated heterocycles. The zero-order valence-electron chi connectivity index (χ0n) is 30.6. The van der Waals surface area contributed by atoms with Crippen LogP contribution in [0.25, 0.3) is 22.3 Å². The third kappa shape index (κ3) is 6.24. The summed E-state index contributed by atoms with van der Waals surface area (Å²) in [6.45, 7) is 24.1. The van der Waals surface area contributed by atoms with Crippen molar-refractivity contribution in [3.8, 4) is 11.1 Å². The van der Waals surface area contributed by atoms with Crippen LogP contribution in [0.2, 0.25) is 0 Å². The molecule has 3 aromatic carbocycles. The second-order valence-corrected chi connectivity index (χ2v) is 22.6. The van der Waals surface area contributed by atoms with E-state index in [1.54, 1.807) is 25.5 Å². The summed E-state index contributed by atoms with van der Waals surface area (Å²) in [7, 11) is 0. The molecule has 0 amide bonds. The smallest absolute Gasteiger partial charge is 1.00 e. The first kappa shape index (κ1) is 37.2. The molecule has 4 aliphatic carbocycles. The van der Waals surface area contributed by atoms with Crippen LogP contribution in [-0.2, 0) is 32.1 Å². The SMILES string of the molecule is CCC1C=C(C(C)(C)C)C=[C]1/[Zr+2](=[CH]\c1ccccc1)[CH]1c2cc3c(cc2-c2cc4c(cc21)C(C)(C)CC=C4C)C(C)=CCC3(C)C.[Cl-].[Cl-]. The molecule has 3 aromatic rings. The Morgan fingerprint density at radius 1 is 0.750 bits per heavy atom. The summed E-state index contributed by atoms with van der Waals surface area (Å²) in [5.41, 5.74) is 18.5. The van der Waals surface area contributed by atoms with Crippen molar-refractivity contribution in [2.75, 3.05) is 0 Å². The van der Waals surface area contributed by atoms with E-state index in [1.807, 2.05) is 0 Å². The van der Waals surface area contributed by atoms with Gasteiger partial charge in [-0.2, -0.15) is 0 Å². The molecule has 48 heavy (non-hydrogen) atoms. The van der Waals surface area contributed by atoms with Gasteiger partial charge in [-0.3, -0.25) is 0 Å². The van der Waals surface area contributed by atoms with Crippen LogP contribution >= 0.6 is 0 Å². The van der Waals surface area contributed by atoms with E-state index in [-0.39, 0.29) is 41.1 Å². The zero-order chi connectivity index (χ0) is 32.8. The molecule has 0 radical (unpaired) electrons. The molecule has 0 bridgehead atoms. The monoisotopic (exact) mass is 752 g/mol. The second-order valence-electron chi connectivity index (χ2n) is 16.9. The molecule has 7 rings (SSSR count). The van der Waals surface area contributed by atoms with E-state index in [0.29, 0.717) is 9.54 Å². The number of hydrogen-bond donors (Lipinski definition) is 0. The summed E-state index contributed by atoms with van der Waals surface area (Å²) < 4.78 is 5.05. The van der Waals surface area contributed by atoms with Crippen LogP contribution in [0.4, 0.5) is 0 Å². The molecule has 0 aromatic heterocycles. The molecule has 0 aliphatic heterocycles. The minimum atomic E-state index is -2.60. The largest absolute Gasteiger partial charge is 1.00 e. The molecule has 0 spiro atoms. The fourth-order valence-corrected chi connectivity index (χ4v) is 16.9. The van der Waals surface area contributed by atoms with E-state index in [0.717, 1.165) is 12.8 Å². The van der Waals surface area contributed by atoms with Gasteiger partial charge in [0.25, 0.3) is 0 Å². The van der Waals surface area contributed by atoms with Gasteiger partial charge >= 0.3 is 288 Å². The van der Waals surface area contributed by atoms with Gasteiger partial charge in [0.05, 0.1) is 0 Å². The van der Waals surface area contributed by atoms with E-state index in [1.165, 1.54) is 51.0 Å². The van der Waals surface area contributed by atoms with Crippen LogP contribution in [0.3, 0.4) is 0 Å². The summed E-state index contributed by atoms with van der Waals surface area (Å²) in [5, 5.41) is 0. The van der Waals surface area contributed by atoms with Crippen molar-refractivity contribution in [1.82, 2.24) is 0 Å². The van der Waals surface area contributed by atoms with Gasteiger partial charge in [-0.05, 0) is 0 Å². The summed E-state index contributed by atoms with van der Waals surface area (Å²) in [5.74, 6) is 0.537. The summed E-state index contributed by atoms with van der Waals surface area (Å²) in [6, 6.07) is 21.9. The van der Waals surface area contributed by atoms with Crippen LogP contribution in [0.5, 0.6) is 0 Å². The molecule has 3 heteroatoms. The topological polar surface area (TPSA) is 0 Å². The molecule has 0 N–H and O–H groups in total. The fourth-order valence-electron chi connectivity index (χ4n) is 8.50. The maximum Gasteiger partial charge on any atom is -1.00 e. The molecule has 0 nitrogen and oxygen atoms in total. The minimum absolute atomic E-state index is 0. The van der Waals surface area contributed by atoms with Gasteiger partial charge in [0.15, 0.2) is 0 Å². The molecule has 250 valence electrons. The van der Waals surface area contributed by atoms with E-state index in [2.05, 4.69) is 152 Å². The van der Waals surface area contributed by atoms with Crippen LogP contribution in [-0.4, -0.2) is 3.71 Å². The molecule has 4 aliphatic rings. The predicted octanol–water partition coefficient (Wildman–Crippen LogP) is 6.30. The molecule has 0 heterocycles. The van der Waals surface area contributed by atoms with Crippen molar-refractivity contribution in [2.24, 2.45) is 11.3 Å². The Balaban J connectivity index is 0.00000225. The number of rotatable bonds is 4. The first-order valence-corrected chi connectivity index (χ1v) is 21.7. The Hall–Kier alpha value is -2.05. The van der Waals surface area contributed by atoms with E-state index < -0.39 is 21.3 Å². The molecule has 0 fully saturated rings. The van der Waals surface area contributed by atoms with Crippen LogP contribution in [0, 0.1) is 11.3 Å². The molecular formula is C45H52Cl2Zr. The third-order valence-corrected chi connectivity index (χ3v) is 19.1. The Morgan fingerprint density at radius 3 is 1.71 bits per heavy atom. The van der Waals surface area contributed by atoms with Crippen molar-refractivity contribution in [3.05, 3.63) is 127 Å². The van der Waals surface area contributed by atoms with Crippen molar-refractivity contribution in [1.29, 1.82) is 0 Å². The fraction of sp³-hybridized carbons (Fsp3) is 0.400. The minimum Gasteiger partial charge on any atom is -1.00 e. The van der Waals surface area contributed by atoms with Gasteiger partial charge in [-0.15, -0.1) is 0 Å². The van der Waals surface area contributed by atoms with Gasteiger partial charge in [0.2, 0.25) is 0 Å². The van der Waals surface area contributed by atoms with Crippen molar-refractivity contribution in [3.63, 3.8) is 0 Å². The number of allylic oxidation sites excluding steroid dienone is 8. The van der Waals surface area contributed by atoms with Gasteiger partial charge in [-0.25, -0.2) is 0 Å². The quantitative estimate of drug-likeness (QED) is 0.294. The summed E-state index contributed by atoms with van der Waals surface area (Å²) in [4.78, 5) is 0. The summed E-state index contributed by atoms with van der Waals surface area (Å²) in [6.07, 6.45) is 13.7. The van der Waals surface area contributed by atoms with Crippen LogP contribution < -0.4 is 24.8 Å². The first-order chi connectivity index (χ1) is 21.7. The van der Waals surface area contributed by atoms with Gasteiger partial charge in [-0.1, -0.05) is 0 Å². The van der Waals surface area contributed by atoms with Crippen LogP contribution in [0.15, 0.2) is 87.8 Å². The number of fused-ring (bicyclic) bond motifs is 5. The Kier molecular flexibility index (Phi) is 10.3. The zero-order valence-corrected chi connectivity index (χ0v) is 34.6. The molecule has 0 saturated carbocycles. The van der Waals surface area contributed by atoms with E-state index in [9.17, 15) is 0 Å². The normalized spacial score (nSPS) is 20.2. The van der Waals surface area contributed by atoms with Gasteiger partial charge in [0.1, 0.15) is 0 Å². The third-order valence-electron chi connectivity index (χ3n) is 11.6. The van der Waals surface area contributed by atoms with Gasteiger partial charge in [0, 0.05) is 0 Å². The standard InChI is InChI=1S/C27H29.C11H17.C7H6.2ClH.Zr/c1-16-7-9-26(3,4)24-12-18-11-19-13-25-21(17(2)8-10-27(25,5)6)15-23(19)22(18)14-20(16)24;1-5-9-6-7-10(8-9)11(2,3)4;1-7-5-3-2-4-6-7;;;/h7-8,11-15H,9-10H2,1-6H3;7-9H,5H2,1-4H3;1-6H;2*1H;/q;;;;;+2/p-2. The molecular weight excluding hydrogens is 703 g/mol. The Bertz CT molecular complexity index is 1830.